The second-order valence-electron chi connectivity index (χ2n) is 5.10. The van der Waals surface area contributed by atoms with Gasteiger partial charge in [-0.25, -0.2) is 4.79 Å². The minimum atomic E-state index is -1.40. The fraction of sp³-hybridized carbons (Fsp3) is 0.583. The van der Waals surface area contributed by atoms with Crippen molar-refractivity contribution in [3.05, 3.63) is 33.1 Å². The lowest BCUT2D eigenvalue weighted by Gasteiger charge is -2.17. The van der Waals surface area contributed by atoms with E-state index in [1.165, 1.54) is 0 Å². The Bertz CT molecular complexity index is 676. The van der Waals surface area contributed by atoms with Gasteiger partial charge in [-0.1, -0.05) is 0 Å². The molecule has 0 unspecified atom stereocenters. The van der Waals surface area contributed by atoms with Gasteiger partial charge in [0.25, 0.3) is 5.56 Å². The largest absolute Gasteiger partial charge is 0.387 e. The van der Waals surface area contributed by atoms with Crippen molar-refractivity contribution in [1.29, 1.82) is 0 Å². The summed E-state index contributed by atoms with van der Waals surface area (Å²) in [5.41, 5.74) is 4.12. The Morgan fingerprint density at radius 3 is 2.78 bits per heavy atom. The number of amides is 1. The highest BCUT2D eigenvalue weighted by atomic mass is 32.1. The summed E-state index contributed by atoms with van der Waals surface area (Å²) < 4.78 is 6.38. The number of aromatic nitrogens is 2. The van der Waals surface area contributed by atoms with Crippen molar-refractivity contribution >= 4 is 18.5 Å². The van der Waals surface area contributed by atoms with Crippen molar-refractivity contribution in [2.24, 2.45) is 5.73 Å². The van der Waals surface area contributed by atoms with E-state index in [2.05, 4.69) is 17.9 Å². The number of hydrogen-bond donors (Lipinski definition) is 6. The number of nitrogens with two attached hydrogens (primary N) is 1. The quantitative estimate of drug-likeness (QED) is 0.302. The number of rotatable bonds is 5. The fourth-order valence-electron chi connectivity index (χ4n) is 2.17. The van der Waals surface area contributed by atoms with E-state index >= 15 is 0 Å². The molecule has 1 saturated heterocycles. The lowest BCUT2D eigenvalue weighted by molar-refractivity contribution is -0.123. The molecule has 11 heteroatoms. The zero-order valence-electron chi connectivity index (χ0n) is 12.0. The molecule has 0 aromatic carbocycles. The maximum atomic E-state index is 11.7. The number of thiol groups is 1. The van der Waals surface area contributed by atoms with Gasteiger partial charge < -0.3 is 26.0 Å². The summed E-state index contributed by atoms with van der Waals surface area (Å²) in [6.07, 6.45) is -3.70. The molecule has 2 heterocycles. The summed E-state index contributed by atoms with van der Waals surface area (Å²) in [7, 11) is 0. The van der Waals surface area contributed by atoms with Crippen molar-refractivity contribution in [2.75, 3.05) is 12.3 Å². The van der Waals surface area contributed by atoms with Crippen LogP contribution in [-0.2, 0) is 9.53 Å². The number of hydrogen-bond acceptors (Lipinski definition) is 8. The Kier molecular flexibility index (Phi) is 5.59. The molecule has 128 valence electrons. The van der Waals surface area contributed by atoms with Gasteiger partial charge in [0.2, 0.25) is 5.91 Å². The van der Waals surface area contributed by atoms with Crippen LogP contribution in [0.3, 0.4) is 0 Å². The first-order chi connectivity index (χ1) is 10.8. The first kappa shape index (κ1) is 17.7. The number of nitrogens with zero attached hydrogens (tertiary/aromatic N) is 1. The van der Waals surface area contributed by atoms with E-state index in [0.29, 0.717) is 0 Å². The molecule has 10 nitrogen and oxygen atoms in total. The predicted octanol–water partition coefficient (Wildman–Crippen LogP) is -3.47. The molecule has 6 N–H and O–H groups in total. The third kappa shape index (κ3) is 3.82. The molecule has 1 aliphatic heterocycles. The molecule has 1 amide bonds. The van der Waals surface area contributed by atoms with Crippen LogP contribution < -0.4 is 22.3 Å². The lowest BCUT2D eigenvalue weighted by Crippen LogP contribution is -2.46. The molecule has 5 atom stereocenters. The number of aromatic amines is 1. The number of ether oxygens (including phenoxy) is 1. The van der Waals surface area contributed by atoms with Crippen LogP contribution in [0, 0.1) is 0 Å². The second kappa shape index (κ2) is 7.27. The molecule has 0 radical (unpaired) electrons. The molecule has 1 aromatic rings. The number of carbonyl (C=O) groups excluding carboxylic acids is 1. The smallest absolute Gasteiger partial charge is 0.330 e. The fourth-order valence-corrected chi connectivity index (χ4v) is 2.34. The molecule has 0 bridgehead atoms. The van der Waals surface area contributed by atoms with Gasteiger partial charge in [0.15, 0.2) is 6.23 Å². The molecular formula is C12H18N4O6S. The summed E-state index contributed by atoms with van der Waals surface area (Å²) in [5, 5.41) is 22.5. The average molecular weight is 346 g/mol. The molecule has 1 aliphatic rings. The summed E-state index contributed by atoms with van der Waals surface area (Å²) in [5.74, 6) is -0.326. The van der Waals surface area contributed by atoms with Gasteiger partial charge in [-0.2, -0.15) is 12.6 Å². The number of H-pyrrole nitrogens is 1. The predicted molar refractivity (Wildman–Crippen MR) is 82.1 cm³/mol. The van der Waals surface area contributed by atoms with E-state index in [9.17, 15) is 24.6 Å². The van der Waals surface area contributed by atoms with Crippen molar-refractivity contribution in [3.63, 3.8) is 0 Å². The number of aliphatic hydroxyl groups is 2. The van der Waals surface area contributed by atoms with Gasteiger partial charge in [0, 0.05) is 24.6 Å². The van der Waals surface area contributed by atoms with E-state index in [4.69, 9.17) is 10.5 Å². The second-order valence-corrected chi connectivity index (χ2v) is 5.46. The van der Waals surface area contributed by atoms with Crippen LogP contribution in [0.25, 0.3) is 0 Å². The molecule has 23 heavy (non-hydrogen) atoms. The van der Waals surface area contributed by atoms with Crippen molar-refractivity contribution in [2.45, 2.75) is 30.6 Å². The average Bonchev–Trinajstić information content (AvgIpc) is 2.80. The summed E-state index contributed by atoms with van der Waals surface area (Å²) in [6.45, 7) is -0.104. The highest BCUT2D eigenvalue weighted by Crippen LogP contribution is 2.27. The van der Waals surface area contributed by atoms with E-state index < -0.39 is 47.7 Å². The Hall–Kier alpha value is -1.66. The molecule has 0 spiro atoms. The third-order valence-electron chi connectivity index (χ3n) is 3.47. The third-order valence-corrected chi connectivity index (χ3v) is 3.87. The topological polar surface area (TPSA) is 160 Å². The van der Waals surface area contributed by atoms with Crippen LogP contribution in [0.2, 0.25) is 0 Å². The van der Waals surface area contributed by atoms with Crippen LogP contribution in [0.5, 0.6) is 0 Å². The molecule has 1 fully saturated rings. The van der Waals surface area contributed by atoms with Gasteiger partial charge in [0.05, 0.1) is 6.04 Å². The first-order valence-electron chi connectivity index (χ1n) is 6.82. The molecule has 2 rings (SSSR count). The van der Waals surface area contributed by atoms with E-state index in [0.717, 1.165) is 16.8 Å². The van der Waals surface area contributed by atoms with Crippen LogP contribution >= 0.6 is 12.6 Å². The monoisotopic (exact) mass is 346 g/mol. The standard InChI is InChI=1S/C12H18N4O6S/c13-5(4-23)10(20)14-3-6-8(18)9(19)11(22-6)16-2-1-7(17)15-12(16)21/h1-2,5-6,8-9,11,18-19,23H,3-4,13H2,(H,14,20)(H,15,17,21)/t5-,6-,8-,9-,11-/m1/s1. The van der Waals surface area contributed by atoms with E-state index in [-0.39, 0.29) is 12.3 Å². The van der Waals surface area contributed by atoms with Crippen molar-refractivity contribution in [3.8, 4) is 0 Å². The van der Waals surface area contributed by atoms with E-state index in [1.807, 2.05) is 4.98 Å². The van der Waals surface area contributed by atoms with Crippen LogP contribution in [0.4, 0.5) is 0 Å². The molecule has 0 aliphatic carbocycles. The molecular weight excluding hydrogens is 328 g/mol. The van der Waals surface area contributed by atoms with Gasteiger partial charge in [-0.3, -0.25) is 19.1 Å². The van der Waals surface area contributed by atoms with Crippen LogP contribution in [-0.4, -0.2) is 62.3 Å². The normalized spacial score (nSPS) is 28.5. The number of aliphatic hydroxyl groups excluding tert-OH is 2. The number of nitrogens with one attached hydrogen (secondary N) is 2. The first-order valence-corrected chi connectivity index (χ1v) is 7.45. The Morgan fingerprint density at radius 2 is 2.17 bits per heavy atom. The summed E-state index contributed by atoms with van der Waals surface area (Å²) in [4.78, 5) is 36.4. The summed E-state index contributed by atoms with van der Waals surface area (Å²) >= 11 is 3.90. The summed E-state index contributed by atoms with van der Waals surface area (Å²) in [6, 6.07) is 0.282. The van der Waals surface area contributed by atoms with Gasteiger partial charge in [-0.15, -0.1) is 0 Å². The maximum Gasteiger partial charge on any atom is 0.330 e. The Morgan fingerprint density at radius 1 is 1.48 bits per heavy atom. The zero-order chi connectivity index (χ0) is 17.1. The lowest BCUT2D eigenvalue weighted by atomic mass is 10.1. The SMILES string of the molecule is N[C@H](CS)C(=O)NC[C@H]1O[C@@H](n2ccc(=O)[nH]c2=O)[C@H](O)[C@@H]1O. The maximum absolute atomic E-state index is 11.7. The zero-order valence-corrected chi connectivity index (χ0v) is 12.8. The minimum absolute atomic E-state index is 0.104. The molecule has 1 aromatic heterocycles. The Balaban J connectivity index is 2.07. The minimum Gasteiger partial charge on any atom is -0.387 e. The van der Waals surface area contributed by atoms with Gasteiger partial charge in [-0.05, 0) is 0 Å². The van der Waals surface area contributed by atoms with Crippen LogP contribution in [0.1, 0.15) is 6.23 Å². The van der Waals surface area contributed by atoms with Gasteiger partial charge in [0.1, 0.15) is 18.3 Å². The Labute approximate surface area is 135 Å². The molecule has 0 saturated carbocycles. The van der Waals surface area contributed by atoms with Crippen LogP contribution in [0.15, 0.2) is 21.9 Å². The highest BCUT2D eigenvalue weighted by molar-refractivity contribution is 7.80. The van der Waals surface area contributed by atoms with Gasteiger partial charge >= 0.3 is 5.69 Å². The van der Waals surface area contributed by atoms with Crippen molar-refractivity contribution < 1.29 is 19.7 Å². The number of carbonyl (C=O) groups is 1. The van der Waals surface area contributed by atoms with E-state index in [1.54, 1.807) is 0 Å². The highest BCUT2D eigenvalue weighted by Gasteiger charge is 2.44. The van der Waals surface area contributed by atoms with Crippen molar-refractivity contribution in [1.82, 2.24) is 14.9 Å².